The first-order valence-corrected chi connectivity index (χ1v) is 13.2. The lowest BCUT2D eigenvalue weighted by molar-refractivity contribution is -0.154. The second kappa shape index (κ2) is 11.7. The van der Waals surface area contributed by atoms with E-state index in [9.17, 15) is 18.0 Å². The van der Waals surface area contributed by atoms with Crippen LogP contribution in [0.3, 0.4) is 0 Å². The monoisotopic (exact) mass is 510 g/mol. The maximum atomic E-state index is 12.4. The zero-order valence-corrected chi connectivity index (χ0v) is 20.9. The summed E-state index contributed by atoms with van der Waals surface area (Å²) >= 11 is 1.57. The molecule has 1 saturated carbocycles. The number of carbonyl (C=O) groups excluding carboxylic acids is 1. The largest absolute Gasteiger partial charge is 0.468 e. The van der Waals surface area contributed by atoms with Crippen LogP contribution in [0.1, 0.15) is 54.1 Å². The second-order valence-electron chi connectivity index (χ2n) is 9.61. The van der Waals surface area contributed by atoms with Crippen LogP contribution < -0.4 is 10.1 Å². The van der Waals surface area contributed by atoms with Crippen molar-refractivity contribution in [3.8, 4) is 5.88 Å². The van der Waals surface area contributed by atoms with Gasteiger partial charge in [0.25, 0.3) is 0 Å². The Morgan fingerprint density at radius 3 is 2.66 bits per heavy atom. The zero-order valence-electron chi connectivity index (χ0n) is 20.1. The molecule has 1 aliphatic carbocycles. The van der Waals surface area contributed by atoms with Crippen molar-refractivity contribution >= 4 is 17.2 Å². The highest BCUT2D eigenvalue weighted by Gasteiger charge is 2.29. The minimum atomic E-state index is -4.36. The van der Waals surface area contributed by atoms with Crippen molar-refractivity contribution in [3.63, 3.8) is 0 Å². The Morgan fingerprint density at radius 1 is 1.17 bits per heavy atom. The average Bonchev–Trinajstić information content (AvgIpc) is 3.10. The van der Waals surface area contributed by atoms with Crippen LogP contribution >= 0.6 is 11.3 Å². The molecule has 2 aromatic rings. The fourth-order valence-electron chi connectivity index (χ4n) is 4.96. The van der Waals surface area contributed by atoms with Gasteiger partial charge in [0.1, 0.15) is 0 Å². The Hall–Kier alpha value is -2.20. The molecule has 0 unspecified atom stereocenters. The van der Waals surface area contributed by atoms with Gasteiger partial charge in [-0.3, -0.25) is 4.79 Å². The van der Waals surface area contributed by atoms with Crippen molar-refractivity contribution in [2.24, 2.45) is 5.92 Å². The number of amides is 1. The van der Waals surface area contributed by atoms with Gasteiger partial charge in [0, 0.05) is 42.7 Å². The van der Waals surface area contributed by atoms with Gasteiger partial charge in [-0.1, -0.05) is 6.07 Å². The van der Waals surface area contributed by atoms with E-state index in [0.717, 1.165) is 86.5 Å². The summed E-state index contributed by atoms with van der Waals surface area (Å²) in [6, 6.07) is 3.64. The van der Waals surface area contributed by atoms with Gasteiger partial charge in [-0.25, -0.2) is 9.97 Å². The Kier molecular flexibility index (Phi) is 8.64. The fourth-order valence-corrected chi connectivity index (χ4v) is 5.57. The number of thiazole rings is 1. The summed E-state index contributed by atoms with van der Waals surface area (Å²) in [5.41, 5.74) is 2.78. The molecule has 0 bridgehead atoms. The average molecular weight is 511 g/mol. The minimum Gasteiger partial charge on any atom is -0.468 e. The van der Waals surface area contributed by atoms with Gasteiger partial charge in [0.2, 0.25) is 11.8 Å². The van der Waals surface area contributed by atoms with Crippen LogP contribution in [0.5, 0.6) is 5.88 Å². The Morgan fingerprint density at radius 2 is 1.94 bits per heavy atom. The van der Waals surface area contributed by atoms with Crippen molar-refractivity contribution < 1.29 is 22.7 Å². The number of rotatable bonds is 8. The van der Waals surface area contributed by atoms with Crippen LogP contribution in [0, 0.1) is 12.8 Å². The number of pyridine rings is 1. The number of aryl methyl sites for hydroxylation is 1. The van der Waals surface area contributed by atoms with E-state index in [-0.39, 0.29) is 17.8 Å². The van der Waals surface area contributed by atoms with E-state index < -0.39 is 12.8 Å². The van der Waals surface area contributed by atoms with Crippen molar-refractivity contribution in [2.45, 2.75) is 70.5 Å². The van der Waals surface area contributed by atoms with E-state index in [1.165, 1.54) is 6.07 Å². The van der Waals surface area contributed by atoms with Gasteiger partial charge in [-0.05, 0) is 63.5 Å². The van der Waals surface area contributed by atoms with Crippen LogP contribution in [0.25, 0.3) is 0 Å². The van der Waals surface area contributed by atoms with E-state index in [0.29, 0.717) is 12.3 Å². The summed E-state index contributed by atoms with van der Waals surface area (Å²) in [4.78, 5) is 23.4. The normalized spacial score (nSPS) is 21.3. The predicted molar refractivity (Wildman–Crippen MR) is 129 cm³/mol. The van der Waals surface area contributed by atoms with Gasteiger partial charge in [-0.2, -0.15) is 13.2 Å². The van der Waals surface area contributed by atoms with Gasteiger partial charge < -0.3 is 15.0 Å². The number of halogens is 3. The van der Waals surface area contributed by atoms with E-state index >= 15 is 0 Å². The first-order valence-electron chi connectivity index (χ1n) is 12.3. The predicted octanol–water partition coefficient (Wildman–Crippen LogP) is 4.50. The third-order valence-electron chi connectivity index (χ3n) is 6.86. The molecule has 35 heavy (non-hydrogen) atoms. The molecule has 10 heteroatoms. The van der Waals surface area contributed by atoms with Gasteiger partial charge in [0.15, 0.2) is 6.61 Å². The third kappa shape index (κ3) is 8.17. The number of alkyl halides is 3. The molecule has 0 spiro atoms. The maximum absolute atomic E-state index is 12.4. The molecular weight excluding hydrogens is 477 g/mol. The van der Waals surface area contributed by atoms with E-state index in [1.807, 2.05) is 18.4 Å². The van der Waals surface area contributed by atoms with Gasteiger partial charge in [0.05, 0.1) is 17.1 Å². The van der Waals surface area contributed by atoms with Gasteiger partial charge in [-0.15, -0.1) is 11.3 Å². The Labute approximate surface area is 208 Å². The topological polar surface area (TPSA) is 67.4 Å². The summed E-state index contributed by atoms with van der Waals surface area (Å²) in [5, 5.41) is 6.11. The molecule has 2 aromatic heterocycles. The molecular formula is C25H33F3N4O2S. The number of hydrogen-bond acceptors (Lipinski definition) is 6. The maximum Gasteiger partial charge on any atom is 0.422 e. The standard InChI is InChI=1S/C25H33F3N4O2S/c1-17-29-21(15-35-17)14-23(33)30-20-5-2-18(3-6-20)8-11-32-12-9-19-4-7-24(31-22(19)10-13-32)34-16-25(26,27)28/h4,7,15,18,20H,2-3,5-6,8-14,16H2,1H3,(H,30,33). The van der Waals surface area contributed by atoms with E-state index in [2.05, 4.69) is 20.2 Å². The Balaban J connectivity index is 1.16. The quantitative estimate of drug-likeness (QED) is 0.567. The van der Waals surface area contributed by atoms with Crippen LogP contribution in [0.4, 0.5) is 13.2 Å². The molecule has 1 fully saturated rings. The number of ether oxygens (including phenoxy) is 1. The highest BCUT2D eigenvalue weighted by Crippen LogP contribution is 2.28. The molecule has 1 amide bonds. The number of aromatic nitrogens is 2. The molecule has 0 atom stereocenters. The molecule has 6 nitrogen and oxygen atoms in total. The SMILES string of the molecule is Cc1nc(CC(=O)NC2CCC(CCN3CCc4ccc(OCC(F)(F)F)nc4CC3)CC2)cs1. The summed E-state index contributed by atoms with van der Waals surface area (Å²) in [6.45, 7) is 3.42. The number of nitrogens with one attached hydrogen (secondary N) is 1. The third-order valence-corrected chi connectivity index (χ3v) is 7.68. The zero-order chi connectivity index (χ0) is 24.8. The summed E-state index contributed by atoms with van der Waals surface area (Å²) in [6.07, 6.45) is 2.96. The highest BCUT2D eigenvalue weighted by atomic mass is 32.1. The van der Waals surface area contributed by atoms with Crippen molar-refractivity contribution in [1.29, 1.82) is 0 Å². The molecule has 0 radical (unpaired) electrons. The van der Waals surface area contributed by atoms with Crippen LogP contribution in [0.2, 0.25) is 0 Å². The van der Waals surface area contributed by atoms with Gasteiger partial charge >= 0.3 is 6.18 Å². The van der Waals surface area contributed by atoms with Crippen molar-refractivity contribution in [1.82, 2.24) is 20.2 Å². The lowest BCUT2D eigenvalue weighted by atomic mass is 9.84. The first-order chi connectivity index (χ1) is 16.7. The second-order valence-corrected chi connectivity index (χ2v) is 10.7. The molecule has 2 aliphatic rings. The molecule has 4 rings (SSSR count). The Bertz CT molecular complexity index is 989. The van der Waals surface area contributed by atoms with E-state index in [4.69, 9.17) is 4.74 Å². The smallest absolute Gasteiger partial charge is 0.422 e. The first kappa shape index (κ1) is 25.9. The fraction of sp³-hybridized carbons (Fsp3) is 0.640. The number of nitrogens with zero attached hydrogens (tertiary/aromatic N) is 3. The van der Waals surface area contributed by atoms with E-state index in [1.54, 1.807) is 11.3 Å². The highest BCUT2D eigenvalue weighted by molar-refractivity contribution is 7.09. The summed E-state index contributed by atoms with van der Waals surface area (Å²) in [5.74, 6) is 0.763. The van der Waals surface area contributed by atoms with Crippen molar-refractivity contribution in [2.75, 3.05) is 26.2 Å². The molecule has 0 aromatic carbocycles. The van der Waals surface area contributed by atoms with Crippen LogP contribution in [0.15, 0.2) is 17.5 Å². The molecule has 1 aliphatic heterocycles. The summed E-state index contributed by atoms with van der Waals surface area (Å²) < 4.78 is 42.1. The van der Waals surface area contributed by atoms with Crippen LogP contribution in [-0.2, 0) is 24.1 Å². The molecule has 1 N–H and O–H groups in total. The number of hydrogen-bond donors (Lipinski definition) is 1. The summed E-state index contributed by atoms with van der Waals surface area (Å²) in [7, 11) is 0. The molecule has 192 valence electrons. The number of fused-ring (bicyclic) bond motifs is 1. The molecule has 3 heterocycles. The van der Waals surface area contributed by atoms with Crippen LogP contribution in [-0.4, -0.2) is 59.2 Å². The van der Waals surface area contributed by atoms with Crippen molar-refractivity contribution in [3.05, 3.63) is 39.5 Å². The minimum absolute atomic E-state index is 0.0417. The lowest BCUT2D eigenvalue weighted by Gasteiger charge is -2.30. The molecule has 0 saturated heterocycles. The lowest BCUT2D eigenvalue weighted by Crippen LogP contribution is -2.39. The number of carbonyl (C=O) groups is 1.